The topological polar surface area (TPSA) is 54.9 Å². The summed E-state index contributed by atoms with van der Waals surface area (Å²) in [6, 6.07) is 6.30. The molecule has 0 spiro atoms. The van der Waals surface area contributed by atoms with Crippen molar-refractivity contribution in [2.75, 3.05) is 0 Å². The largest absolute Gasteiger partial charge is 0.328 e. The van der Waals surface area contributed by atoms with Gasteiger partial charge >= 0.3 is 5.69 Å². The van der Waals surface area contributed by atoms with Gasteiger partial charge in [0.05, 0.1) is 0 Å². The van der Waals surface area contributed by atoms with E-state index in [4.69, 9.17) is 0 Å². The molecule has 4 nitrogen and oxygen atoms in total. The Morgan fingerprint density at radius 2 is 1.82 bits per heavy atom. The average Bonchev–Trinajstić information content (AvgIpc) is 2.42. The van der Waals surface area contributed by atoms with Gasteiger partial charge in [-0.3, -0.25) is 14.3 Å². The molecule has 0 atom stereocenters. The Balaban J connectivity index is 2.63. The summed E-state index contributed by atoms with van der Waals surface area (Å²) >= 11 is 0. The minimum absolute atomic E-state index is 0.285. The van der Waals surface area contributed by atoms with Gasteiger partial charge in [0.1, 0.15) is 0 Å². The number of benzene rings is 1. The molecule has 0 unspecified atom stereocenters. The summed E-state index contributed by atoms with van der Waals surface area (Å²) in [6.45, 7) is 10.1. The highest BCUT2D eigenvalue weighted by atomic mass is 16.2. The highest BCUT2D eigenvalue weighted by Gasteiger charge is 2.13. The van der Waals surface area contributed by atoms with Crippen molar-refractivity contribution in [1.82, 2.24) is 9.55 Å². The van der Waals surface area contributed by atoms with Crippen molar-refractivity contribution in [2.24, 2.45) is 0 Å². The van der Waals surface area contributed by atoms with Crippen LogP contribution in [0.2, 0.25) is 0 Å². The number of aromatic nitrogens is 2. The van der Waals surface area contributed by atoms with E-state index < -0.39 is 0 Å². The molecule has 1 aromatic carbocycles. The van der Waals surface area contributed by atoms with Crippen LogP contribution in [0.1, 0.15) is 34.9 Å². The van der Waals surface area contributed by atoms with E-state index in [-0.39, 0.29) is 11.2 Å². The maximum Gasteiger partial charge on any atom is 0.328 e. The van der Waals surface area contributed by atoms with Gasteiger partial charge in [0.15, 0.2) is 0 Å². The van der Waals surface area contributed by atoms with Crippen LogP contribution in [0, 0.1) is 13.8 Å². The van der Waals surface area contributed by atoms with E-state index in [1.54, 1.807) is 10.6 Å². The molecule has 0 amide bonds. The number of hydrogen-bond acceptors (Lipinski definition) is 2. The van der Waals surface area contributed by atoms with Gasteiger partial charge in [0.25, 0.3) is 5.56 Å². The second-order valence-electron chi connectivity index (χ2n) is 5.61. The molecular formula is C18H22N2O2. The van der Waals surface area contributed by atoms with Crippen LogP contribution in [0.3, 0.4) is 0 Å². The highest BCUT2D eigenvalue weighted by Crippen LogP contribution is 2.15. The lowest BCUT2D eigenvalue weighted by atomic mass is 10.0. The zero-order chi connectivity index (χ0) is 16.3. The summed E-state index contributed by atoms with van der Waals surface area (Å²) in [5.41, 5.74) is 4.25. The van der Waals surface area contributed by atoms with Crippen molar-refractivity contribution < 1.29 is 0 Å². The summed E-state index contributed by atoms with van der Waals surface area (Å²) < 4.78 is 1.60. The summed E-state index contributed by atoms with van der Waals surface area (Å²) in [5, 5.41) is 0. The van der Waals surface area contributed by atoms with Crippen molar-refractivity contribution in [3.05, 3.63) is 79.6 Å². The molecule has 2 rings (SSSR count). The lowest BCUT2D eigenvalue weighted by molar-refractivity contribution is 0.676. The zero-order valence-corrected chi connectivity index (χ0v) is 13.4. The quantitative estimate of drug-likeness (QED) is 0.862. The molecule has 0 aliphatic heterocycles. The van der Waals surface area contributed by atoms with E-state index in [1.165, 1.54) is 11.1 Å². The molecule has 0 aliphatic rings. The van der Waals surface area contributed by atoms with Gasteiger partial charge in [-0.25, -0.2) is 4.79 Å². The molecule has 1 aromatic heterocycles. The predicted octanol–water partition coefficient (Wildman–Crippen LogP) is 2.49. The number of allylic oxidation sites excluding steroid dienone is 1. The average molecular weight is 298 g/mol. The first kappa shape index (κ1) is 16.0. The molecule has 0 aliphatic carbocycles. The normalized spacial score (nSPS) is 10.7. The van der Waals surface area contributed by atoms with Crippen molar-refractivity contribution in [1.29, 1.82) is 0 Å². The van der Waals surface area contributed by atoms with Gasteiger partial charge in [-0.05, 0) is 25.8 Å². The van der Waals surface area contributed by atoms with Crippen LogP contribution in [0.25, 0.3) is 0 Å². The zero-order valence-electron chi connectivity index (χ0n) is 13.4. The molecule has 0 saturated heterocycles. The first-order valence-electron chi connectivity index (χ1n) is 7.49. The van der Waals surface area contributed by atoms with Gasteiger partial charge in [-0.1, -0.05) is 42.3 Å². The fourth-order valence-corrected chi connectivity index (χ4v) is 2.91. The number of aromatic amines is 1. The van der Waals surface area contributed by atoms with E-state index in [0.717, 1.165) is 11.3 Å². The van der Waals surface area contributed by atoms with Crippen LogP contribution in [-0.4, -0.2) is 9.55 Å². The third kappa shape index (κ3) is 3.27. The Labute approximate surface area is 130 Å². The van der Waals surface area contributed by atoms with E-state index >= 15 is 0 Å². The molecular weight excluding hydrogens is 276 g/mol. The fourth-order valence-electron chi connectivity index (χ4n) is 2.91. The van der Waals surface area contributed by atoms with Crippen molar-refractivity contribution in [3.63, 3.8) is 0 Å². The molecule has 0 fully saturated rings. The molecule has 2 aromatic rings. The van der Waals surface area contributed by atoms with Crippen LogP contribution in [0.4, 0.5) is 0 Å². The Hall–Kier alpha value is -2.36. The van der Waals surface area contributed by atoms with E-state index in [0.29, 0.717) is 24.9 Å². The van der Waals surface area contributed by atoms with Gasteiger partial charge in [-0.15, -0.1) is 6.58 Å². The molecule has 4 heteroatoms. The van der Waals surface area contributed by atoms with E-state index in [1.807, 2.05) is 20.8 Å². The Bertz CT molecular complexity index is 793. The second kappa shape index (κ2) is 6.60. The smallest absolute Gasteiger partial charge is 0.293 e. The Morgan fingerprint density at radius 3 is 2.36 bits per heavy atom. The summed E-state index contributed by atoms with van der Waals surface area (Å²) in [6.07, 6.45) is 2.83. The lowest BCUT2D eigenvalue weighted by Gasteiger charge is -2.15. The number of hydrogen-bond donors (Lipinski definition) is 1. The summed E-state index contributed by atoms with van der Waals surface area (Å²) in [7, 11) is 0. The Kier molecular flexibility index (Phi) is 4.81. The lowest BCUT2D eigenvalue weighted by Crippen LogP contribution is -2.35. The van der Waals surface area contributed by atoms with Crippen molar-refractivity contribution >= 4 is 0 Å². The van der Waals surface area contributed by atoms with Crippen LogP contribution in [0.5, 0.6) is 0 Å². The first-order valence-corrected chi connectivity index (χ1v) is 7.49. The molecule has 0 saturated carbocycles. The molecule has 0 radical (unpaired) electrons. The third-order valence-corrected chi connectivity index (χ3v) is 3.73. The second-order valence-corrected chi connectivity index (χ2v) is 5.61. The molecule has 22 heavy (non-hydrogen) atoms. The number of H-pyrrole nitrogens is 1. The van der Waals surface area contributed by atoms with Crippen molar-refractivity contribution in [2.45, 2.75) is 40.2 Å². The molecule has 1 N–H and O–H groups in total. The standard InChI is InChI=1S/C18H22N2O2/c1-5-7-20-16(15(6-2)17(21)19-18(20)22)11-14-9-12(3)8-13(4)10-14/h5,8-10H,1,6-7,11H2,2-4H3,(H,19,21,22). The van der Waals surface area contributed by atoms with Crippen LogP contribution in [0.15, 0.2) is 40.4 Å². The monoisotopic (exact) mass is 298 g/mol. The first-order chi connectivity index (χ1) is 10.5. The number of rotatable bonds is 5. The number of nitrogens with one attached hydrogen (secondary N) is 1. The van der Waals surface area contributed by atoms with Gasteiger partial charge in [0.2, 0.25) is 0 Å². The highest BCUT2D eigenvalue weighted by molar-refractivity contribution is 5.33. The molecule has 1 heterocycles. The van der Waals surface area contributed by atoms with Crippen molar-refractivity contribution in [3.8, 4) is 0 Å². The van der Waals surface area contributed by atoms with E-state index in [9.17, 15) is 9.59 Å². The van der Waals surface area contributed by atoms with Crippen LogP contribution in [-0.2, 0) is 19.4 Å². The maximum absolute atomic E-state index is 12.1. The third-order valence-electron chi connectivity index (χ3n) is 3.73. The molecule has 0 bridgehead atoms. The van der Waals surface area contributed by atoms with Gasteiger partial charge in [-0.2, -0.15) is 0 Å². The predicted molar refractivity (Wildman–Crippen MR) is 89.6 cm³/mol. The Morgan fingerprint density at radius 1 is 1.18 bits per heavy atom. The minimum Gasteiger partial charge on any atom is -0.293 e. The van der Waals surface area contributed by atoms with Gasteiger partial charge in [0, 0.05) is 24.2 Å². The number of nitrogens with zero attached hydrogens (tertiary/aromatic N) is 1. The van der Waals surface area contributed by atoms with Gasteiger partial charge < -0.3 is 0 Å². The molecule has 116 valence electrons. The summed E-state index contributed by atoms with van der Waals surface area (Å²) in [4.78, 5) is 26.6. The van der Waals surface area contributed by atoms with Crippen LogP contribution < -0.4 is 11.2 Å². The SMILES string of the molecule is C=CCn1c(Cc2cc(C)cc(C)c2)c(CC)c(=O)[nH]c1=O. The summed E-state index contributed by atoms with van der Waals surface area (Å²) in [5.74, 6) is 0. The fraction of sp³-hybridized carbons (Fsp3) is 0.333. The maximum atomic E-state index is 12.1. The number of aryl methyl sites for hydroxylation is 2. The van der Waals surface area contributed by atoms with Crippen LogP contribution >= 0.6 is 0 Å². The van der Waals surface area contributed by atoms with E-state index in [2.05, 4.69) is 29.8 Å². The minimum atomic E-state index is -0.374.